The average molecular weight is 193 g/mol. The fraction of sp³-hybridized carbons (Fsp3) is 0.500. The summed E-state index contributed by atoms with van der Waals surface area (Å²) in [5, 5.41) is 0. The zero-order valence-corrected chi connectivity index (χ0v) is 8.78. The van der Waals surface area contributed by atoms with Crippen LogP contribution in [0, 0.1) is 0 Å². The zero-order chi connectivity index (χ0) is 10.2. The van der Waals surface area contributed by atoms with Gasteiger partial charge >= 0.3 is 0 Å². The van der Waals surface area contributed by atoms with Gasteiger partial charge in [0.05, 0.1) is 6.61 Å². The Kier molecular flexibility index (Phi) is 5.08. The molecule has 1 rings (SSSR count). The minimum atomic E-state index is 0.328. The lowest BCUT2D eigenvalue weighted by molar-refractivity contribution is 0.300. The van der Waals surface area contributed by atoms with Crippen LogP contribution in [-0.2, 0) is 0 Å². The summed E-state index contributed by atoms with van der Waals surface area (Å²) in [7, 11) is 0. The molecule has 0 radical (unpaired) electrons. The van der Waals surface area contributed by atoms with E-state index < -0.39 is 0 Å². The van der Waals surface area contributed by atoms with E-state index in [9.17, 15) is 0 Å². The number of rotatable bonds is 6. The van der Waals surface area contributed by atoms with Crippen molar-refractivity contribution in [2.45, 2.75) is 32.2 Å². The van der Waals surface area contributed by atoms with E-state index in [4.69, 9.17) is 10.5 Å². The van der Waals surface area contributed by atoms with Crippen LogP contribution in [0.1, 0.15) is 26.2 Å². The van der Waals surface area contributed by atoms with Crippen molar-refractivity contribution >= 4 is 0 Å². The van der Waals surface area contributed by atoms with Gasteiger partial charge in [0.2, 0.25) is 0 Å². The molecule has 0 saturated carbocycles. The minimum Gasteiger partial charge on any atom is -0.494 e. The van der Waals surface area contributed by atoms with Crippen LogP contribution < -0.4 is 10.5 Å². The molecule has 0 saturated heterocycles. The third-order valence-electron chi connectivity index (χ3n) is 2.26. The summed E-state index contributed by atoms with van der Waals surface area (Å²) in [4.78, 5) is 0. The Morgan fingerprint density at radius 3 is 2.64 bits per heavy atom. The van der Waals surface area contributed by atoms with Gasteiger partial charge in [0.1, 0.15) is 5.75 Å². The highest BCUT2D eigenvalue weighted by atomic mass is 16.5. The van der Waals surface area contributed by atoms with Crippen LogP contribution in [0.25, 0.3) is 0 Å². The molecule has 2 nitrogen and oxygen atoms in total. The van der Waals surface area contributed by atoms with Crippen LogP contribution >= 0.6 is 0 Å². The van der Waals surface area contributed by atoms with Crippen molar-refractivity contribution in [3.8, 4) is 5.75 Å². The molecule has 1 aromatic carbocycles. The van der Waals surface area contributed by atoms with Crippen molar-refractivity contribution in [1.82, 2.24) is 0 Å². The van der Waals surface area contributed by atoms with E-state index in [1.165, 1.54) is 0 Å². The second-order valence-electron chi connectivity index (χ2n) is 3.47. The molecular formula is C12H19NO. The Morgan fingerprint density at radius 1 is 1.29 bits per heavy atom. The van der Waals surface area contributed by atoms with Crippen molar-refractivity contribution in [3.63, 3.8) is 0 Å². The van der Waals surface area contributed by atoms with Crippen LogP contribution in [0.15, 0.2) is 30.3 Å². The Morgan fingerprint density at radius 2 is 2.00 bits per heavy atom. The minimum absolute atomic E-state index is 0.328. The molecule has 2 N–H and O–H groups in total. The van der Waals surface area contributed by atoms with Crippen molar-refractivity contribution in [1.29, 1.82) is 0 Å². The average Bonchev–Trinajstić information content (AvgIpc) is 2.25. The van der Waals surface area contributed by atoms with Gasteiger partial charge in [0.25, 0.3) is 0 Å². The van der Waals surface area contributed by atoms with Gasteiger partial charge in [-0.2, -0.15) is 0 Å². The third kappa shape index (κ3) is 4.28. The van der Waals surface area contributed by atoms with Gasteiger partial charge in [-0.3, -0.25) is 0 Å². The predicted molar refractivity (Wildman–Crippen MR) is 59.4 cm³/mol. The molecule has 0 heterocycles. The highest BCUT2D eigenvalue weighted by Crippen LogP contribution is 2.09. The number of nitrogens with two attached hydrogens (primary N) is 1. The smallest absolute Gasteiger partial charge is 0.119 e. The highest BCUT2D eigenvalue weighted by Gasteiger charge is 1.98. The lowest BCUT2D eigenvalue weighted by atomic mass is 10.1. The first-order chi connectivity index (χ1) is 6.83. The van der Waals surface area contributed by atoms with Gasteiger partial charge in [-0.1, -0.05) is 25.1 Å². The molecule has 0 bridgehead atoms. The Labute approximate surface area is 86.1 Å². The molecule has 14 heavy (non-hydrogen) atoms. The Hall–Kier alpha value is -1.02. The molecule has 0 aliphatic heterocycles. The van der Waals surface area contributed by atoms with Crippen molar-refractivity contribution in [2.75, 3.05) is 6.61 Å². The molecule has 0 aromatic heterocycles. The Bertz CT molecular complexity index is 235. The molecular weight excluding hydrogens is 174 g/mol. The van der Waals surface area contributed by atoms with Crippen LogP contribution in [0.2, 0.25) is 0 Å². The number of hydrogen-bond acceptors (Lipinski definition) is 2. The number of benzene rings is 1. The van der Waals surface area contributed by atoms with Crippen LogP contribution in [0.5, 0.6) is 5.75 Å². The van der Waals surface area contributed by atoms with E-state index in [-0.39, 0.29) is 0 Å². The molecule has 2 heteroatoms. The number of hydrogen-bond donors (Lipinski definition) is 1. The van der Waals surface area contributed by atoms with E-state index in [2.05, 4.69) is 6.92 Å². The summed E-state index contributed by atoms with van der Waals surface area (Å²) in [5.74, 6) is 0.942. The standard InChI is InChI=1S/C12H19NO/c1-2-11(13)7-6-10-14-12-8-4-3-5-9-12/h3-5,8-9,11H,2,6-7,10,13H2,1H3. The predicted octanol–water partition coefficient (Wildman–Crippen LogP) is 2.58. The summed E-state index contributed by atoms with van der Waals surface area (Å²) >= 11 is 0. The lowest BCUT2D eigenvalue weighted by Crippen LogP contribution is -2.19. The molecule has 1 atom stereocenters. The van der Waals surface area contributed by atoms with Gasteiger partial charge < -0.3 is 10.5 Å². The maximum Gasteiger partial charge on any atom is 0.119 e. The summed E-state index contributed by atoms with van der Waals surface area (Å²) in [6, 6.07) is 10.2. The fourth-order valence-corrected chi connectivity index (χ4v) is 1.26. The maximum absolute atomic E-state index is 5.80. The normalized spacial score (nSPS) is 12.4. The first kappa shape index (κ1) is 11.1. The Balaban J connectivity index is 2.10. The number of para-hydroxylation sites is 1. The second kappa shape index (κ2) is 6.44. The monoisotopic (exact) mass is 193 g/mol. The third-order valence-corrected chi connectivity index (χ3v) is 2.26. The maximum atomic E-state index is 5.80. The quantitative estimate of drug-likeness (QED) is 0.705. The molecule has 0 amide bonds. The summed E-state index contributed by atoms with van der Waals surface area (Å²) in [6.45, 7) is 2.88. The van der Waals surface area contributed by atoms with Gasteiger partial charge in [0.15, 0.2) is 0 Å². The molecule has 0 spiro atoms. The van der Waals surface area contributed by atoms with E-state index in [0.717, 1.165) is 31.6 Å². The van der Waals surface area contributed by atoms with Crippen molar-refractivity contribution in [3.05, 3.63) is 30.3 Å². The van der Waals surface area contributed by atoms with E-state index in [0.29, 0.717) is 6.04 Å². The lowest BCUT2D eigenvalue weighted by Gasteiger charge is -2.09. The van der Waals surface area contributed by atoms with Crippen LogP contribution in [-0.4, -0.2) is 12.6 Å². The van der Waals surface area contributed by atoms with Gasteiger partial charge in [-0.15, -0.1) is 0 Å². The fourth-order valence-electron chi connectivity index (χ4n) is 1.26. The second-order valence-corrected chi connectivity index (χ2v) is 3.47. The SMILES string of the molecule is CCC(N)CCCOc1ccccc1. The van der Waals surface area contributed by atoms with Gasteiger partial charge in [-0.25, -0.2) is 0 Å². The molecule has 78 valence electrons. The van der Waals surface area contributed by atoms with E-state index in [1.807, 2.05) is 30.3 Å². The van der Waals surface area contributed by atoms with E-state index in [1.54, 1.807) is 0 Å². The van der Waals surface area contributed by atoms with Gasteiger partial charge in [0, 0.05) is 6.04 Å². The summed E-state index contributed by atoms with van der Waals surface area (Å²) < 4.78 is 5.55. The summed E-state index contributed by atoms with van der Waals surface area (Å²) in [6.07, 6.45) is 3.12. The largest absolute Gasteiger partial charge is 0.494 e. The van der Waals surface area contributed by atoms with Crippen LogP contribution in [0.4, 0.5) is 0 Å². The van der Waals surface area contributed by atoms with Crippen LogP contribution in [0.3, 0.4) is 0 Å². The molecule has 1 unspecified atom stereocenters. The van der Waals surface area contributed by atoms with Crippen molar-refractivity contribution in [2.24, 2.45) is 5.73 Å². The first-order valence-electron chi connectivity index (χ1n) is 5.26. The molecule has 1 aromatic rings. The molecule has 0 fully saturated rings. The van der Waals surface area contributed by atoms with Gasteiger partial charge in [-0.05, 0) is 31.4 Å². The molecule has 0 aliphatic carbocycles. The zero-order valence-electron chi connectivity index (χ0n) is 8.78. The van der Waals surface area contributed by atoms with Crippen molar-refractivity contribution < 1.29 is 4.74 Å². The number of ether oxygens (including phenoxy) is 1. The van der Waals surface area contributed by atoms with E-state index >= 15 is 0 Å². The first-order valence-corrected chi connectivity index (χ1v) is 5.26. The highest BCUT2D eigenvalue weighted by molar-refractivity contribution is 5.20. The topological polar surface area (TPSA) is 35.2 Å². The molecule has 0 aliphatic rings. The summed E-state index contributed by atoms with van der Waals surface area (Å²) in [5.41, 5.74) is 5.80.